The molecule has 0 saturated heterocycles. The summed E-state index contributed by atoms with van der Waals surface area (Å²) in [5.74, 6) is 0. The first-order valence-corrected chi connectivity index (χ1v) is 4.46. The molecule has 1 unspecified atom stereocenters. The molecule has 0 amide bonds. The van der Waals surface area contributed by atoms with Crippen molar-refractivity contribution in [3.05, 3.63) is 0 Å². The van der Waals surface area contributed by atoms with Crippen molar-refractivity contribution in [3.8, 4) is 0 Å². The van der Waals surface area contributed by atoms with Crippen molar-refractivity contribution >= 4 is 6.29 Å². The van der Waals surface area contributed by atoms with Crippen molar-refractivity contribution in [2.24, 2.45) is 0 Å². The fraction of sp³-hybridized carbons (Fsp3) is 0.889. The van der Waals surface area contributed by atoms with Gasteiger partial charge in [0, 0.05) is 12.5 Å². The van der Waals surface area contributed by atoms with Gasteiger partial charge in [-0.3, -0.25) is 0 Å². The monoisotopic (exact) mass is 157 g/mol. The van der Waals surface area contributed by atoms with Crippen LogP contribution in [0, 0.1) is 0 Å². The molecule has 0 aliphatic heterocycles. The van der Waals surface area contributed by atoms with Crippen LogP contribution < -0.4 is 5.32 Å². The third-order valence-electron chi connectivity index (χ3n) is 1.95. The second-order valence-corrected chi connectivity index (χ2v) is 2.88. The number of rotatable bonds is 7. The summed E-state index contributed by atoms with van der Waals surface area (Å²) in [6.45, 7) is 2.19. The lowest BCUT2D eigenvalue weighted by molar-refractivity contribution is -0.108. The van der Waals surface area contributed by atoms with Crippen molar-refractivity contribution < 1.29 is 4.79 Å². The Bertz CT molecular complexity index is 93.6. The molecule has 0 aromatic carbocycles. The van der Waals surface area contributed by atoms with Crippen LogP contribution in [0.15, 0.2) is 0 Å². The van der Waals surface area contributed by atoms with Gasteiger partial charge in [-0.1, -0.05) is 26.2 Å². The Labute approximate surface area is 69.4 Å². The van der Waals surface area contributed by atoms with Crippen molar-refractivity contribution in [1.29, 1.82) is 0 Å². The Hall–Kier alpha value is -0.370. The number of carbonyl (C=O) groups excluding carboxylic acids is 1. The van der Waals surface area contributed by atoms with Crippen molar-refractivity contribution in [3.63, 3.8) is 0 Å². The molecule has 0 fully saturated rings. The van der Waals surface area contributed by atoms with E-state index in [2.05, 4.69) is 12.2 Å². The maximum absolute atomic E-state index is 10.2. The van der Waals surface area contributed by atoms with Crippen molar-refractivity contribution in [1.82, 2.24) is 5.32 Å². The zero-order valence-electron chi connectivity index (χ0n) is 7.60. The Morgan fingerprint density at radius 3 is 2.64 bits per heavy atom. The molecule has 0 bridgehead atoms. The zero-order valence-corrected chi connectivity index (χ0v) is 7.60. The summed E-state index contributed by atoms with van der Waals surface area (Å²) in [4.78, 5) is 10.2. The average Bonchev–Trinajstić information content (AvgIpc) is 2.03. The lowest BCUT2D eigenvalue weighted by Gasteiger charge is -2.11. The predicted molar refractivity (Wildman–Crippen MR) is 47.7 cm³/mol. The van der Waals surface area contributed by atoms with Crippen LogP contribution in [0.1, 0.15) is 39.0 Å². The summed E-state index contributed by atoms with van der Waals surface area (Å²) in [5, 5.41) is 3.13. The maximum Gasteiger partial charge on any atom is 0.121 e. The molecule has 1 atom stereocenters. The van der Waals surface area contributed by atoms with Gasteiger partial charge in [-0.2, -0.15) is 0 Å². The zero-order chi connectivity index (χ0) is 8.53. The second-order valence-electron chi connectivity index (χ2n) is 2.88. The van der Waals surface area contributed by atoms with Crippen LogP contribution in [-0.2, 0) is 4.79 Å². The molecule has 0 aromatic rings. The van der Waals surface area contributed by atoms with Crippen molar-refractivity contribution in [2.45, 2.75) is 45.1 Å². The normalized spacial score (nSPS) is 12.9. The first kappa shape index (κ1) is 10.6. The van der Waals surface area contributed by atoms with E-state index in [1.165, 1.54) is 19.3 Å². The molecular formula is C9H19NO. The smallest absolute Gasteiger partial charge is 0.121 e. The Balaban J connectivity index is 3.27. The number of aldehydes is 1. The highest BCUT2D eigenvalue weighted by molar-refractivity contribution is 5.50. The molecule has 0 aliphatic carbocycles. The molecule has 1 N–H and O–H groups in total. The SMILES string of the molecule is CCCCCC(CC=O)NC. The minimum Gasteiger partial charge on any atom is -0.317 e. The molecule has 2 nitrogen and oxygen atoms in total. The van der Waals surface area contributed by atoms with Crippen LogP contribution in [0.2, 0.25) is 0 Å². The molecule has 0 aliphatic rings. The van der Waals surface area contributed by atoms with E-state index < -0.39 is 0 Å². The maximum atomic E-state index is 10.2. The van der Waals surface area contributed by atoms with Gasteiger partial charge in [0.25, 0.3) is 0 Å². The molecule has 0 saturated carbocycles. The number of nitrogens with one attached hydrogen (secondary N) is 1. The predicted octanol–water partition coefficient (Wildman–Crippen LogP) is 1.74. The van der Waals surface area contributed by atoms with E-state index >= 15 is 0 Å². The summed E-state index contributed by atoms with van der Waals surface area (Å²) in [5.41, 5.74) is 0. The van der Waals surface area contributed by atoms with Gasteiger partial charge in [0.05, 0.1) is 0 Å². The minimum absolute atomic E-state index is 0.402. The Kier molecular flexibility index (Phi) is 7.47. The van der Waals surface area contributed by atoms with Crippen molar-refractivity contribution in [2.75, 3.05) is 7.05 Å². The fourth-order valence-electron chi connectivity index (χ4n) is 1.14. The van der Waals surface area contributed by atoms with Gasteiger partial charge in [-0.25, -0.2) is 0 Å². The number of carbonyl (C=O) groups is 1. The first-order valence-electron chi connectivity index (χ1n) is 4.46. The number of hydrogen-bond donors (Lipinski definition) is 1. The lowest BCUT2D eigenvalue weighted by Crippen LogP contribution is -2.25. The quantitative estimate of drug-likeness (QED) is 0.450. The molecule has 0 heterocycles. The standard InChI is InChI=1S/C9H19NO/c1-3-4-5-6-9(10-2)7-8-11/h8-10H,3-7H2,1-2H3. The van der Waals surface area contributed by atoms with Gasteiger partial charge in [0.2, 0.25) is 0 Å². The van der Waals surface area contributed by atoms with E-state index in [1.807, 2.05) is 7.05 Å². The van der Waals surface area contributed by atoms with E-state index in [1.54, 1.807) is 0 Å². The Morgan fingerprint density at radius 1 is 1.45 bits per heavy atom. The van der Waals surface area contributed by atoms with E-state index in [0.29, 0.717) is 12.5 Å². The van der Waals surface area contributed by atoms with Crippen LogP contribution in [0.4, 0.5) is 0 Å². The number of unbranched alkanes of at least 4 members (excludes halogenated alkanes) is 2. The first-order chi connectivity index (χ1) is 5.35. The molecule has 0 rings (SSSR count). The van der Waals surface area contributed by atoms with Crippen LogP contribution in [0.25, 0.3) is 0 Å². The third kappa shape index (κ3) is 6.05. The fourth-order valence-corrected chi connectivity index (χ4v) is 1.14. The minimum atomic E-state index is 0.402. The van der Waals surface area contributed by atoms with E-state index in [4.69, 9.17) is 0 Å². The summed E-state index contributed by atoms with van der Waals surface area (Å²) in [7, 11) is 1.92. The number of hydrogen-bond acceptors (Lipinski definition) is 2. The summed E-state index contributed by atoms with van der Waals surface area (Å²) in [6.07, 6.45) is 6.53. The summed E-state index contributed by atoms with van der Waals surface area (Å²) < 4.78 is 0. The average molecular weight is 157 g/mol. The van der Waals surface area contributed by atoms with Crippen LogP contribution in [-0.4, -0.2) is 19.4 Å². The molecule has 2 heteroatoms. The van der Waals surface area contributed by atoms with E-state index in [0.717, 1.165) is 12.7 Å². The molecule has 11 heavy (non-hydrogen) atoms. The van der Waals surface area contributed by atoms with Crippen LogP contribution in [0.3, 0.4) is 0 Å². The van der Waals surface area contributed by atoms with Gasteiger partial charge in [0.15, 0.2) is 0 Å². The highest BCUT2D eigenvalue weighted by Gasteiger charge is 2.02. The van der Waals surface area contributed by atoms with Gasteiger partial charge >= 0.3 is 0 Å². The molecule has 0 aromatic heterocycles. The highest BCUT2D eigenvalue weighted by Crippen LogP contribution is 2.04. The molecule has 0 radical (unpaired) electrons. The second kappa shape index (κ2) is 7.73. The van der Waals surface area contributed by atoms with Gasteiger partial charge in [0.1, 0.15) is 6.29 Å². The van der Waals surface area contributed by atoms with E-state index in [-0.39, 0.29) is 0 Å². The third-order valence-corrected chi connectivity index (χ3v) is 1.95. The topological polar surface area (TPSA) is 29.1 Å². The molecular weight excluding hydrogens is 138 g/mol. The Morgan fingerprint density at radius 2 is 2.18 bits per heavy atom. The van der Waals surface area contributed by atoms with Crippen LogP contribution >= 0.6 is 0 Å². The van der Waals surface area contributed by atoms with Gasteiger partial charge < -0.3 is 10.1 Å². The molecule has 0 spiro atoms. The van der Waals surface area contributed by atoms with Crippen LogP contribution in [0.5, 0.6) is 0 Å². The summed E-state index contributed by atoms with van der Waals surface area (Å²) >= 11 is 0. The largest absolute Gasteiger partial charge is 0.317 e. The lowest BCUT2D eigenvalue weighted by atomic mass is 10.1. The highest BCUT2D eigenvalue weighted by atomic mass is 16.1. The van der Waals surface area contributed by atoms with Gasteiger partial charge in [-0.15, -0.1) is 0 Å². The molecule has 66 valence electrons. The van der Waals surface area contributed by atoms with Gasteiger partial charge in [-0.05, 0) is 13.5 Å². The summed E-state index contributed by atoms with van der Waals surface area (Å²) in [6, 6.07) is 0.402. The van der Waals surface area contributed by atoms with E-state index in [9.17, 15) is 4.79 Å².